The summed E-state index contributed by atoms with van der Waals surface area (Å²) in [6, 6.07) is 29.1. The molecular weight excluding hydrogens is 451 g/mol. The predicted molar refractivity (Wildman–Crippen MR) is 141 cm³/mol. The zero-order valence-electron chi connectivity index (χ0n) is 20.5. The van der Waals surface area contributed by atoms with Crippen LogP contribution in [0.2, 0.25) is 0 Å². The largest absolute Gasteiger partial charge is 0.352 e. The van der Waals surface area contributed by atoms with E-state index in [-0.39, 0.29) is 30.6 Å². The number of anilines is 1. The van der Waals surface area contributed by atoms with Gasteiger partial charge in [-0.25, -0.2) is 4.39 Å². The number of nitrogens with one attached hydrogen (secondary N) is 1. The summed E-state index contributed by atoms with van der Waals surface area (Å²) in [5.74, 6) is -0.583. The average Bonchev–Trinajstić information content (AvgIpc) is 2.87. The molecule has 4 rings (SSSR count). The lowest BCUT2D eigenvalue weighted by molar-refractivity contribution is -0.120. The second-order valence-electron chi connectivity index (χ2n) is 8.95. The Balaban J connectivity index is 1.50. The molecule has 182 valence electrons. The van der Waals surface area contributed by atoms with Crippen molar-refractivity contribution in [2.24, 2.45) is 0 Å². The van der Waals surface area contributed by atoms with Gasteiger partial charge in [0.15, 0.2) is 0 Å². The molecule has 0 radical (unpaired) electrons. The first kappa shape index (κ1) is 24.9. The third-order valence-electron chi connectivity index (χ3n) is 6.04. The van der Waals surface area contributed by atoms with Crippen LogP contribution < -0.4 is 10.2 Å². The summed E-state index contributed by atoms with van der Waals surface area (Å²) in [4.78, 5) is 27.6. The maximum Gasteiger partial charge on any atom is 0.258 e. The molecule has 0 saturated carbocycles. The Bertz CT molecular complexity index is 1370. The van der Waals surface area contributed by atoms with Gasteiger partial charge >= 0.3 is 0 Å². The number of halogens is 1. The van der Waals surface area contributed by atoms with E-state index in [1.807, 2.05) is 80.6 Å². The van der Waals surface area contributed by atoms with Crippen LogP contribution in [-0.4, -0.2) is 11.8 Å². The second-order valence-corrected chi connectivity index (χ2v) is 8.95. The van der Waals surface area contributed by atoms with Crippen LogP contribution in [0, 0.1) is 19.7 Å². The van der Waals surface area contributed by atoms with Crippen LogP contribution in [0.3, 0.4) is 0 Å². The van der Waals surface area contributed by atoms with Gasteiger partial charge in [0, 0.05) is 17.8 Å². The number of carbonyl (C=O) groups excluding carboxylic acids is 2. The Labute approximate surface area is 211 Å². The van der Waals surface area contributed by atoms with E-state index in [4.69, 9.17) is 0 Å². The molecule has 0 unspecified atom stereocenters. The lowest BCUT2D eigenvalue weighted by atomic mass is 10.1. The molecule has 0 aliphatic carbocycles. The van der Waals surface area contributed by atoms with Crippen LogP contribution in [0.1, 0.15) is 38.2 Å². The molecule has 2 amide bonds. The Kier molecular flexibility index (Phi) is 7.91. The summed E-state index contributed by atoms with van der Waals surface area (Å²) >= 11 is 0. The van der Waals surface area contributed by atoms with Gasteiger partial charge in [-0.15, -0.1) is 0 Å². The number of nitrogens with zero attached hydrogens (tertiary/aromatic N) is 1. The molecule has 0 atom stereocenters. The number of benzene rings is 4. The molecule has 1 N–H and O–H groups in total. The first-order valence-electron chi connectivity index (χ1n) is 11.9. The normalized spacial score (nSPS) is 10.6. The zero-order chi connectivity index (χ0) is 25.5. The van der Waals surface area contributed by atoms with Crippen LogP contribution in [0.5, 0.6) is 0 Å². The van der Waals surface area contributed by atoms with Crippen molar-refractivity contribution in [1.29, 1.82) is 0 Å². The fraction of sp³-hybridized carbons (Fsp3) is 0.161. The third kappa shape index (κ3) is 6.45. The van der Waals surface area contributed by atoms with Crippen molar-refractivity contribution < 1.29 is 14.0 Å². The lowest BCUT2D eigenvalue weighted by Gasteiger charge is -2.24. The minimum Gasteiger partial charge on any atom is -0.352 e. The number of hydrogen-bond acceptors (Lipinski definition) is 2. The van der Waals surface area contributed by atoms with E-state index >= 15 is 0 Å². The van der Waals surface area contributed by atoms with Gasteiger partial charge in [-0.2, -0.15) is 0 Å². The summed E-state index contributed by atoms with van der Waals surface area (Å²) in [5, 5.41) is 2.96. The molecule has 0 saturated heterocycles. The van der Waals surface area contributed by atoms with Crippen LogP contribution in [0.4, 0.5) is 10.1 Å². The highest BCUT2D eigenvalue weighted by Crippen LogP contribution is 2.23. The molecule has 4 aromatic rings. The zero-order valence-corrected chi connectivity index (χ0v) is 20.5. The number of hydrogen-bond donors (Lipinski definition) is 1. The number of rotatable bonds is 8. The Hall–Kier alpha value is -4.25. The second kappa shape index (κ2) is 11.5. The van der Waals surface area contributed by atoms with Gasteiger partial charge in [0.1, 0.15) is 5.82 Å². The molecule has 0 heterocycles. The number of amides is 2. The van der Waals surface area contributed by atoms with Crippen molar-refractivity contribution in [3.63, 3.8) is 0 Å². The monoisotopic (exact) mass is 480 g/mol. The van der Waals surface area contributed by atoms with E-state index in [9.17, 15) is 14.0 Å². The number of carbonyl (C=O) groups is 2. The molecule has 0 aromatic heterocycles. The molecule has 36 heavy (non-hydrogen) atoms. The average molecular weight is 481 g/mol. The van der Waals surface area contributed by atoms with Gasteiger partial charge in [-0.3, -0.25) is 9.59 Å². The van der Waals surface area contributed by atoms with Gasteiger partial charge in [-0.1, -0.05) is 72.3 Å². The first-order chi connectivity index (χ1) is 17.4. The molecule has 4 nitrogen and oxygen atoms in total. The molecule has 0 aliphatic heterocycles. The molecular formula is C31H29FN2O2. The third-order valence-corrected chi connectivity index (χ3v) is 6.04. The maximum absolute atomic E-state index is 13.8. The number of aryl methyl sites for hydroxylation is 2. The van der Waals surface area contributed by atoms with Crippen molar-refractivity contribution in [3.8, 4) is 0 Å². The maximum atomic E-state index is 13.8. The lowest BCUT2D eigenvalue weighted by Crippen LogP contribution is -2.31. The van der Waals surface area contributed by atoms with E-state index in [0.29, 0.717) is 23.4 Å². The van der Waals surface area contributed by atoms with Gasteiger partial charge in [0.25, 0.3) is 5.91 Å². The van der Waals surface area contributed by atoms with E-state index in [2.05, 4.69) is 5.32 Å². The summed E-state index contributed by atoms with van der Waals surface area (Å²) < 4.78 is 13.8. The predicted octanol–water partition coefficient (Wildman–Crippen LogP) is 6.15. The van der Waals surface area contributed by atoms with Crippen molar-refractivity contribution in [3.05, 3.63) is 136 Å². The van der Waals surface area contributed by atoms with E-state index in [1.165, 1.54) is 12.1 Å². The molecule has 0 fully saturated rings. The quantitative estimate of drug-likeness (QED) is 0.329. The van der Waals surface area contributed by atoms with Crippen LogP contribution in [0.25, 0.3) is 0 Å². The summed E-state index contributed by atoms with van der Waals surface area (Å²) in [6.07, 6.45) is 0.238. The topological polar surface area (TPSA) is 49.4 Å². The standard InChI is InChI=1S/C31H29FN2O2/c1-22-7-5-9-25(17-22)20-33-30(35)19-24-13-15-28(16-14-24)34(21-26-10-6-11-27(32)18-26)31(36)29-12-4-3-8-23(29)2/h3-18H,19-21H2,1-2H3,(H,33,35). The minimum atomic E-state index is -0.345. The van der Waals surface area contributed by atoms with Gasteiger partial charge in [0.2, 0.25) is 5.91 Å². The molecule has 0 aliphatic rings. The van der Waals surface area contributed by atoms with Crippen molar-refractivity contribution in [2.45, 2.75) is 33.4 Å². The van der Waals surface area contributed by atoms with Gasteiger partial charge in [0.05, 0.1) is 13.0 Å². The van der Waals surface area contributed by atoms with Crippen molar-refractivity contribution in [1.82, 2.24) is 5.32 Å². The van der Waals surface area contributed by atoms with Crippen LogP contribution >= 0.6 is 0 Å². The fourth-order valence-corrected chi connectivity index (χ4v) is 4.12. The molecule has 5 heteroatoms. The SMILES string of the molecule is Cc1cccc(CNC(=O)Cc2ccc(N(Cc3cccc(F)c3)C(=O)c3ccccc3C)cc2)c1. The summed E-state index contributed by atoms with van der Waals surface area (Å²) in [5.41, 5.74) is 5.88. The molecule has 4 aromatic carbocycles. The summed E-state index contributed by atoms with van der Waals surface area (Å²) in [7, 11) is 0. The van der Waals surface area contributed by atoms with Crippen LogP contribution in [0.15, 0.2) is 97.1 Å². The van der Waals surface area contributed by atoms with Crippen LogP contribution in [-0.2, 0) is 24.3 Å². The Morgan fingerprint density at radius 2 is 1.50 bits per heavy atom. The Morgan fingerprint density at radius 1 is 0.778 bits per heavy atom. The first-order valence-corrected chi connectivity index (χ1v) is 11.9. The van der Waals surface area contributed by atoms with Gasteiger partial charge < -0.3 is 10.2 Å². The highest BCUT2D eigenvalue weighted by atomic mass is 19.1. The van der Waals surface area contributed by atoms with Gasteiger partial charge in [-0.05, 0) is 66.4 Å². The summed E-state index contributed by atoms with van der Waals surface area (Å²) in [6.45, 7) is 4.62. The minimum absolute atomic E-state index is 0.0724. The highest BCUT2D eigenvalue weighted by Gasteiger charge is 2.20. The van der Waals surface area contributed by atoms with Crippen molar-refractivity contribution in [2.75, 3.05) is 4.90 Å². The molecule has 0 spiro atoms. The highest BCUT2D eigenvalue weighted by molar-refractivity contribution is 6.07. The van der Waals surface area contributed by atoms with E-state index in [0.717, 1.165) is 22.3 Å². The van der Waals surface area contributed by atoms with E-state index in [1.54, 1.807) is 23.1 Å². The molecule has 0 bridgehead atoms. The fourth-order valence-electron chi connectivity index (χ4n) is 4.12. The van der Waals surface area contributed by atoms with E-state index < -0.39 is 0 Å². The van der Waals surface area contributed by atoms with Crippen molar-refractivity contribution >= 4 is 17.5 Å². The smallest absolute Gasteiger partial charge is 0.258 e. The Morgan fingerprint density at radius 3 is 2.22 bits per heavy atom.